The molecule has 0 heterocycles. The largest absolute Gasteiger partial charge is 0.496 e. The average Bonchev–Trinajstić information content (AvgIpc) is 2.42. The van der Waals surface area contributed by atoms with E-state index < -0.39 is 0 Å². The van der Waals surface area contributed by atoms with E-state index in [4.69, 9.17) is 4.74 Å². The van der Waals surface area contributed by atoms with Gasteiger partial charge in [0, 0.05) is 23.4 Å². The molecule has 18 heavy (non-hydrogen) atoms. The Morgan fingerprint density at radius 2 is 2.00 bits per heavy atom. The van der Waals surface area contributed by atoms with Gasteiger partial charge in [0.15, 0.2) is 0 Å². The van der Waals surface area contributed by atoms with Crippen molar-refractivity contribution in [3.63, 3.8) is 0 Å². The minimum atomic E-state index is 0.369. The van der Waals surface area contributed by atoms with Crippen LogP contribution in [0.3, 0.4) is 0 Å². The van der Waals surface area contributed by atoms with Gasteiger partial charge >= 0.3 is 0 Å². The van der Waals surface area contributed by atoms with Gasteiger partial charge in [0.25, 0.3) is 0 Å². The number of nitrogens with one attached hydrogen (secondary N) is 1. The summed E-state index contributed by atoms with van der Waals surface area (Å²) in [6.07, 6.45) is 1.07. The molecule has 0 amide bonds. The first-order valence-corrected chi connectivity index (χ1v) is 7.85. The highest BCUT2D eigenvalue weighted by atomic mass is 32.2. The monoisotopic (exact) mass is 267 g/mol. The van der Waals surface area contributed by atoms with Crippen LogP contribution in [0, 0.1) is 0 Å². The van der Waals surface area contributed by atoms with E-state index in [-0.39, 0.29) is 0 Å². The van der Waals surface area contributed by atoms with Crippen LogP contribution in [-0.4, -0.2) is 24.7 Å². The van der Waals surface area contributed by atoms with Crippen LogP contribution in [0.5, 0.6) is 5.75 Å². The van der Waals surface area contributed by atoms with Gasteiger partial charge in [-0.1, -0.05) is 32.0 Å². The van der Waals surface area contributed by atoms with Gasteiger partial charge in [0.05, 0.1) is 7.11 Å². The Morgan fingerprint density at radius 3 is 2.61 bits per heavy atom. The standard InChI is InChI=1S/C15H25NOS/c1-5-14(16-12(3)11-18-6-2)13-9-7-8-10-15(13)17-4/h7-10,12,14,16H,5-6,11H2,1-4H3. The van der Waals surface area contributed by atoms with Crippen LogP contribution in [0.15, 0.2) is 24.3 Å². The summed E-state index contributed by atoms with van der Waals surface area (Å²) in [7, 11) is 1.74. The second kappa shape index (κ2) is 8.44. The average molecular weight is 267 g/mol. The summed E-state index contributed by atoms with van der Waals surface area (Å²) in [6, 6.07) is 9.17. The highest BCUT2D eigenvalue weighted by Crippen LogP contribution is 2.27. The molecule has 0 radical (unpaired) electrons. The van der Waals surface area contributed by atoms with Crippen molar-refractivity contribution in [1.29, 1.82) is 0 Å². The van der Waals surface area contributed by atoms with Gasteiger partial charge in [-0.25, -0.2) is 0 Å². The quantitative estimate of drug-likeness (QED) is 0.772. The van der Waals surface area contributed by atoms with Crippen molar-refractivity contribution in [3.05, 3.63) is 29.8 Å². The molecular formula is C15H25NOS. The first kappa shape index (κ1) is 15.4. The number of thioether (sulfide) groups is 1. The number of ether oxygens (including phenoxy) is 1. The van der Waals surface area contributed by atoms with E-state index in [0.717, 1.165) is 17.9 Å². The van der Waals surface area contributed by atoms with E-state index >= 15 is 0 Å². The molecule has 0 aliphatic carbocycles. The van der Waals surface area contributed by atoms with Gasteiger partial charge < -0.3 is 10.1 Å². The van der Waals surface area contributed by atoms with E-state index in [9.17, 15) is 0 Å². The predicted molar refractivity (Wildman–Crippen MR) is 81.6 cm³/mol. The lowest BCUT2D eigenvalue weighted by Crippen LogP contribution is -2.32. The third-order valence-corrected chi connectivity index (χ3v) is 4.12. The van der Waals surface area contributed by atoms with E-state index in [1.807, 2.05) is 23.9 Å². The van der Waals surface area contributed by atoms with Crippen molar-refractivity contribution in [3.8, 4) is 5.75 Å². The Balaban J connectivity index is 2.70. The third kappa shape index (κ3) is 4.54. The van der Waals surface area contributed by atoms with Crippen LogP contribution < -0.4 is 10.1 Å². The van der Waals surface area contributed by atoms with Crippen molar-refractivity contribution < 1.29 is 4.74 Å². The number of benzene rings is 1. The molecule has 0 saturated carbocycles. The Hall–Kier alpha value is -0.670. The van der Waals surface area contributed by atoms with E-state index in [1.165, 1.54) is 11.3 Å². The van der Waals surface area contributed by atoms with Crippen molar-refractivity contribution in [2.45, 2.75) is 39.3 Å². The fourth-order valence-corrected chi connectivity index (χ4v) is 2.75. The van der Waals surface area contributed by atoms with E-state index in [0.29, 0.717) is 12.1 Å². The predicted octanol–water partition coefficient (Wildman–Crippen LogP) is 3.88. The number of methoxy groups -OCH3 is 1. The third-order valence-electron chi connectivity index (χ3n) is 2.98. The number of rotatable bonds is 8. The minimum absolute atomic E-state index is 0.369. The van der Waals surface area contributed by atoms with Crippen molar-refractivity contribution in [2.75, 3.05) is 18.6 Å². The molecule has 102 valence electrons. The van der Waals surface area contributed by atoms with Gasteiger partial charge in [-0.15, -0.1) is 0 Å². The fraction of sp³-hybridized carbons (Fsp3) is 0.600. The lowest BCUT2D eigenvalue weighted by molar-refractivity contribution is 0.391. The topological polar surface area (TPSA) is 21.3 Å². The molecule has 2 unspecified atom stereocenters. The SMILES string of the molecule is CCSCC(C)NC(CC)c1ccccc1OC. The zero-order chi connectivity index (χ0) is 13.4. The summed E-state index contributed by atoms with van der Waals surface area (Å²) in [5, 5.41) is 3.69. The Labute approximate surface area is 116 Å². The molecule has 0 saturated heterocycles. The summed E-state index contributed by atoms with van der Waals surface area (Å²) in [4.78, 5) is 0. The lowest BCUT2D eigenvalue weighted by atomic mass is 10.0. The zero-order valence-electron chi connectivity index (χ0n) is 11.9. The highest BCUT2D eigenvalue weighted by Gasteiger charge is 2.15. The first-order valence-electron chi connectivity index (χ1n) is 6.69. The van der Waals surface area contributed by atoms with Crippen LogP contribution in [0.25, 0.3) is 0 Å². The normalized spacial score (nSPS) is 14.2. The molecule has 0 spiro atoms. The molecule has 2 atom stereocenters. The van der Waals surface area contributed by atoms with Gasteiger partial charge in [-0.05, 0) is 25.2 Å². The molecule has 0 fully saturated rings. The van der Waals surface area contributed by atoms with Crippen LogP contribution in [0.2, 0.25) is 0 Å². The molecule has 1 N–H and O–H groups in total. The summed E-state index contributed by atoms with van der Waals surface area (Å²) in [5.41, 5.74) is 1.26. The van der Waals surface area contributed by atoms with Gasteiger partial charge in [-0.2, -0.15) is 11.8 Å². The van der Waals surface area contributed by atoms with Crippen LogP contribution >= 0.6 is 11.8 Å². The Bertz CT molecular complexity index is 343. The molecule has 1 rings (SSSR count). The smallest absolute Gasteiger partial charge is 0.123 e. The number of hydrogen-bond acceptors (Lipinski definition) is 3. The fourth-order valence-electron chi connectivity index (χ4n) is 2.07. The second-order valence-electron chi connectivity index (χ2n) is 4.43. The van der Waals surface area contributed by atoms with Crippen LogP contribution in [0.4, 0.5) is 0 Å². The maximum Gasteiger partial charge on any atom is 0.123 e. The summed E-state index contributed by atoms with van der Waals surface area (Å²) < 4.78 is 5.45. The van der Waals surface area contributed by atoms with Crippen LogP contribution in [-0.2, 0) is 0 Å². The summed E-state index contributed by atoms with van der Waals surface area (Å²) in [5.74, 6) is 3.31. The summed E-state index contributed by atoms with van der Waals surface area (Å²) >= 11 is 1.98. The Kier molecular flexibility index (Phi) is 7.21. The van der Waals surface area contributed by atoms with Crippen molar-refractivity contribution >= 4 is 11.8 Å². The zero-order valence-corrected chi connectivity index (χ0v) is 12.7. The molecular weight excluding hydrogens is 242 g/mol. The van der Waals surface area contributed by atoms with E-state index in [2.05, 4.69) is 38.2 Å². The Morgan fingerprint density at radius 1 is 1.28 bits per heavy atom. The van der Waals surface area contributed by atoms with E-state index in [1.54, 1.807) is 7.11 Å². The maximum atomic E-state index is 5.45. The molecule has 2 nitrogen and oxygen atoms in total. The van der Waals surface area contributed by atoms with Crippen LogP contribution in [0.1, 0.15) is 38.8 Å². The molecule has 3 heteroatoms. The molecule has 1 aromatic carbocycles. The molecule has 0 aliphatic rings. The first-order chi connectivity index (χ1) is 8.72. The molecule has 1 aromatic rings. The minimum Gasteiger partial charge on any atom is -0.496 e. The number of para-hydroxylation sites is 1. The van der Waals surface area contributed by atoms with Gasteiger partial charge in [-0.3, -0.25) is 0 Å². The highest BCUT2D eigenvalue weighted by molar-refractivity contribution is 7.99. The van der Waals surface area contributed by atoms with Crippen molar-refractivity contribution in [1.82, 2.24) is 5.32 Å². The summed E-state index contributed by atoms with van der Waals surface area (Å²) in [6.45, 7) is 6.67. The number of hydrogen-bond donors (Lipinski definition) is 1. The van der Waals surface area contributed by atoms with Crippen molar-refractivity contribution in [2.24, 2.45) is 0 Å². The van der Waals surface area contributed by atoms with Gasteiger partial charge in [0.2, 0.25) is 0 Å². The molecule has 0 aromatic heterocycles. The van der Waals surface area contributed by atoms with Gasteiger partial charge in [0.1, 0.15) is 5.75 Å². The molecule has 0 aliphatic heterocycles. The lowest BCUT2D eigenvalue weighted by Gasteiger charge is -2.24. The second-order valence-corrected chi connectivity index (χ2v) is 5.75. The maximum absolute atomic E-state index is 5.45. The molecule has 0 bridgehead atoms.